The summed E-state index contributed by atoms with van der Waals surface area (Å²) in [6.45, 7) is 0. The highest BCUT2D eigenvalue weighted by atomic mass is 16.5. The Hall–Kier alpha value is -2.94. The molecule has 1 aliphatic rings. The zero-order valence-electron chi connectivity index (χ0n) is 12.2. The highest BCUT2D eigenvalue weighted by molar-refractivity contribution is 5.88. The van der Waals surface area contributed by atoms with Crippen molar-refractivity contribution in [1.82, 2.24) is 0 Å². The van der Waals surface area contributed by atoms with E-state index < -0.39 is 0 Å². The average molecular weight is 289 g/mol. The molecule has 0 radical (unpaired) electrons. The van der Waals surface area contributed by atoms with Crippen LogP contribution in [0.25, 0.3) is 10.8 Å². The zero-order chi connectivity index (χ0) is 14.9. The number of hydrogen-bond acceptors (Lipinski definition) is 3. The molecule has 0 aromatic heterocycles. The van der Waals surface area contributed by atoms with E-state index in [-0.39, 0.29) is 0 Å². The largest absolute Gasteiger partial charge is 0.459 e. The van der Waals surface area contributed by atoms with Gasteiger partial charge in [0.05, 0.1) is 5.69 Å². The van der Waals surface area contributed by atoms with E-state index in [0.29, 0.717) is 5.88 Å². The van der Waals surface area contributed by atoms with Crippen LogP contribution in [0.1, 0.15) is 0 Å². The molecule has 0 bridgehead atoms. The van der Waals surface area contributed by atoms with Gasteiger partial charge in [-0.05, 0) is 23.6 Å². The summed E-state index contributed by atoms with van der Waals surface area (Å²) in [5, 5.41) is 2.24. The van der Waals surface area contributed by atoms with Crippen LogP contribution in [0, 0.1) is 0 Å². The van der Waals surface area contributed by atoms with E-state index in [4.69, 9.17) is 9.47 Å². The lowest BCUT2D eigenvalue weighted by Gasteiger charge is -2.11. The molecule has 1 aliphatic heterocycles. The standard InChI is InChI=1S/C19H15NO2/c1-20-16-10-4-5-11-18(16)22-19(20)13-21-17-12-6-8-14-7-2-3-9-15(14)17/h2-13H,1H3. The summed E-state index contributed by atoms with van der Waals surface area (Å²) in [5.41, 5.74) is 1.04. The van der Waals surface area contributed by atoms with Crippen LogP contribution in [0.3, 0.4) is 0 Å². The fourth-order valence-corrected chi connectivity index (χ4v) is 2.64. The Kier molecular flexibility index (Phi) is 2.97. The lowest BCUT2D eigenvalue weighted by atomic mass is 10.1. The second-order valence-electron chi connectivity index (χ2n) is 5.18. The highest BCUT2D eigenvalue weighted by Crippen LogP contribution is 2.37. The van der Waals surface area contributed by atoms with Crippen LogP contribution in [0.5, 0.6) is 11.5 Å². The van der Waals surface area contributed by atoms with Gasteiger partial charge in [-0.25, -0.2) is 0 Å². The van der Waals surface area contributed by atoms with Crippen molar-refractivity contribution in [2.75, 3.05) is 11.9 Å². The summed E-state index contributed by atoms with van der Waals surface area (Å²) < 4.78 is 11.7. The normalized spacial score (nSPS) is 15.0. The van der Waals surface area contributed by atoms with Crippen molar-refractivity contribution in [2.24, 2.45) is 0 Å². The Balaban J connectivity index is 1.65. The van der Waals surface area contributed by atoms with Crippen LogP contribution in [0.4, 0.5) is 5.69 Å². The molecule has 22 heavy (non-hydrogen) atoms. The van der Waals surface area contributed by atoms with E-state index in [1.807, 2.05) is 60.5 Å². The third-order valence-corrected chi connectivity index (χ3v) is 3.81. The predicted molar refractivity (Wildman–Crippen MR) is 88.1 cm³/mol. The van der Waals surface area contributed by atoms with Crippen LogP contribution in [0.2, 0.25) is 0 Å². The van der Waals surface area contributed by atoms with Crippen molar-refractivity contribution in [1.29, 1.82) is 0 Å². The minimum absolute atomic E-state index is 0.675. The minimum atomic E-state index is 0.675. The van der Waals surface area contributed by atoms with Gasteiger partial charge in [0.25, 0.3) is 0 Å². The van der Waals surface area contributed by atoms with Gasteiger partial charge in [-0.1, -0.05) is 48.5 Å². The lowest BCUT2D eigenvalue weighted by molar-refractivity contribution is 0.393. The molecular weight excluding hydrogens is 274 g/mol. The van der Waals surface area contributed by atoms with Crippen LogP contribution < -0.4 is 14.4 Å². The highest BCUT2D eigenvalue weighted by Gasteiger charge is 2.22. The average Bonchev–Trinajstić information content (AvgIpc) is 2.89. The molecule has 108 valence electrons. The molecule has 3 aromatic carbocycles. The predicted octanol–water partition coefficient (Wildman–Crippen LogP) is 4.55. The van der Waals surface area contributed by atoms with E-state index >= 15 is 0 Å². The molecule has 0 amide bonds. The van der Waals surface area contributed by atoms with Crippen LogP contribution >= 0.6 is 0 Å². The molecule has 0 N–H and O–H groups in total. The van der Waals surface area contributed by atoms with Crippen molar-refractivity contribution in [3.63, 3.8) is 0 Å². The third kappa shape index (κ3) is 2.07. The second-order valence-corrected chi connectivity index (χ2v) is 5.18. The van der Waals surface area contributed by atoms with E-state index in [2.05, 4.69) is 18.2 Å². The molecule has 0 aliphatic carbocycles. The molecule has 3 aromatic rings. The van der Waals surface area contributed by atoms with Gasteiger partial charge in [-0.2, -0.15) is 0 Å². The van der Waals surface area contributed by atoms with Crippen LogP contribution in [-0.4, -0.2) is 7.05 Å². The first-order valence-electron chi connectivity index (χ1n) is 7.18. The molecule has 0 fully saturated rings. The number of ether oxygens (including phenoxy) is 2. The van der Waals surface area contributed by atoms with E-state index in [1.54, 1.807) is 6.26 Å². The molecule has 4 rings (SSSR count). The van der Waals surface area contributed by atoms with Crippen molar-refractivity contribution in [2.45, 2.75) is 0 Å². The Morgan fingerprint density at radius 2 is 1.68 bits per heavy atom. The first-order valence-corrected chi connectivity index (χ1v) is 7.18. The number of rotatable bonds is 2. The van der Waals surface area contributed by atoms with Gasteiger partial charge in [0.1, 0.15) is 5.75 Å². The van der Waals surface area contributed by atoms with Gasteiger partial charge in [0, 0.05) is 12.4 Å². The molecule has 0 unspecified atom stereocenters. The number of fused-ring (bicyclic) bond motifs is 2. The number of anilines is 1. The quantitative estimate of drug-likeness (QED) is 0.646. The molecular formula is C19H15NO2. The maximum Gasteiger partial charge on any atom is 0.236 e. The van der Waals surface area contributed by atoms with Crippen molar-refractivity contribution >= 4 is 16.5 Å². The second kappa shape index (κ2) is 5.11. The summed E-state index contributed by atoms with van der Waals surface area (Å²) in [7, 11) is 1.96. The number of hydrogen-bond donors (Lipinski definition) is 0. The molecule has 3 heteroatoms. The van der Waals surface area contributed by atoms with E-state index in [9.17, 15) is 0 Å². The molecule has 0 atom stereocenters. The molecule has 0 spiro atoms. The number of benzene rings is 3. The Labute approximate surface area is 129 Å². The zero-order valence-corrected chi connectivity index (χ0v) is 12.2. The summed E-state index contributed by atoms with van der Waals surface area (Å²) >= 11 is 0. The topological polar surface area (TPSA) is 21.7 Å². The van der Waals surface area contributed by atoms with E-state index in [1.165, 1.54) is 0 Å². The Morgan fingerprint density at radius 3 is 2.59 bits per heavy atom. The van der Waals surface area contributed by atoms with Crippen LogP contribution in [0.15, 0.2) is 78.9 Å². The van der Waals surface area contributed by atoms with Gasteiger partial charge in [0.15, 0.2) is 12.0 Å². The third-order valence-electron chi connectivity index (χ3n) is 3.81. The van der Waals surface area contributed by atoms with Gasteiger partial charge in [-0.3, -0.25) is 0 Å². The molecule has 3 nitrogen and oxygen atoms in total. The summed E-state index contributed by atoms with van der Waals surface area (Å²) in [6, 6.07) is 22.1. The summed E-state index contributed by atoms with van der Waals surface area (Å²) in [5.74, 6) is 2.34. The maximum atomic E-state index is 5.88. The van der Waals surface area contributed by atoms with E-state index in [0.717, 1.165) is 28.0 Å². The van der Waals surface area contributed by atoms with Gasteiger partial charge >= 0.3 is 0 Å². The first kappa shape index (κ1) is 12.8. The molecule has 0 saturated heterocycles. The summed E-state index contributed by atoms with van der Waals surface area (Å²) in [6.07, 6.45) is 1.65. The SMILES string of the molecule is CN1C(=COc2cccc3ccccc23)Oc2ccccc21. The van der Waals surface area contributed by atoms with Crippen molar-refractivity contribution in [3.8, 4) is 11.5 Å². The fraction of sp³-hybridized carbons (Fsp3) is 0.0526. The maximum absolute atomic E-state index is 5.88. The molecule has 0 saturated carbocycles. The number of nitrogens with zero attached hydrogens (tertiary/aromatic N) is 1. The Morgan fingerprint density at radius 1 is 0.909 bits per heavy atom. The van der Waals surface area contributed by atoms with Crippen LogP contribution in [-0.2, 0) is 0 Å². The van der Waals surface area contributed by atoms with Gasteiger partial charge < -0.3 is 14.4 Å². The Bertz CT molecular complexity index is 865. The lowest BCUT2D eigenvalue weighted by Crippen LogP contribution is -2.14. The first-order chi connectivity index (χ1) is 10.8. The van der Waals surface area contributed by atoms with Crippen molar-refractivity contribution < 1.29 is 9.47 Å². The minimum Gasteiger partial charge on any atom is -0.459 e. The number of para-hydroxylation sites is 2. The smallest absolute Gasteiger partial charge is 0.236 e. The molecule has 1 heterocycles. The van der Waals surface area contributed by atoms with Crippen molar-refractivity contribution in [3.05, 3.63) is 78.9 Å². The fourth-order valence-electron chi connectivity index (χ4n) is 2.64. The monoisotopic (exact) mass is 289 g/mol. The van der Waals surface area contributed by atoms with Gasteiger partial charge in [0.2, 0.25) is 5.88 Å². The summed E-state index contributed by atoms with van der Waals surface area (Å²) in [4.78, 5) is 1.97. The van der Waals surface area contributed by atoms with Gasteiger partial charge in [-0.15, -0.1) is 0 Å².